The second-order valence-electron chi connectivity index (χ2n) is 6.56. The van der Waals surface area contributed by atoms with E-state index in [4.69, 9.17) is 4.74 Å². The quantitative estimate of drug-likeness (QED) is 0.284. The summed E-state index contributed by atoms with van der Waals surface area (Å²) >= 11 is 5.58. The van der Waals surface area contributed by atoms with Gasteiger partial charge in [0.05, 0.1) is 7.11 Å². The van der Waals surface area contributed by atoms with Gasteiger partial charge in [-0.15, -0.1) is 34.0 Å². The highest BCUT2D eigenvalue weighted by Crippen LogP contribution is 2.46. The monoisotopic (exact) mass is 402 g/mol. The summed E-state index contributed by atoms with van der Waals surface area (Å²) in [5.41, 5.74) is 1.24. The van der Waals surface area contributed by atoms with Crippen LogP contribution in [0.15, 0.2) is 66.0 Å². The molecule has 0 spiro atoms. The van der Waals surface area contributed by atoms with Crippen molar-refractivity contribution in [2.45, 2.75) is 0 Å². The van der Waals surface area contributed by atoms with E-state index in [0.717, 1.165) is 5.75 Å². The van der Waals surface area contributed by atoms with E-state index in [2.05, 4.69) is 53.9 Å². The maximum Gasteiger partial charge on any atom is 0.118 e. The fourth-order valence-corrected chi connectivity index (χ4v) is 6.82. The Labute approximate surface area is 168 Å². The normalized spacial score (nSPS) is 11.9. The van der Waals surface area contributed by atoms with E-state index in [-0.39, 0.29) is 0 Å². The summed E-state index contributed by atoms with van der Waals surface area (Å²) in [6.07, 6.45) is 0. The third-order valence-electron chi connectivity index (χ3n) is 5.10. The fraction of sp³-hybridized carbons (Fsp3) is 0.0435. The van der Waals surface area contributed by atoms with Crippen molar-refractivity contribution in [3.05, 3.63) is 66.0 Å². The zero-order valence-corrected chi connectivity index (χ0v) is 16.9. The van der Waals surface area contributed by atoms with E-state index in [1.165, 1.54) is 50.8 Å². The lowest BCUT2D eigenvalue weighted by Crippen LogP contribution is -1.81. The number of ether oxygens (including phenoxy) is 1. The van der Waals surface area contributed by atoms with Crippen LogP contribution in [0.5, 0.6) is 5.75 Å². The summed E-state index contributed by atoms with van der Waals surface area (Å²) in [5, 5.41) is 7.78. The molecule has 27 heavy (non-hydrogen) atoms. The first-order chi connectivity index (χ1) is 13.3. The molecule has 0 unspecified atom stereocenters. The van der Waals surface area contributed by atoms with E-state index in [9.17, 15) is 0 Å². The minimum Gasteiger partial charge on any atom is -0.497 e. The molecule has 6 aromatic rings. The summed E-state index contributed by atoms with van der Waals surface area (Å²) in [6.45, 7) is 0. The van der Waals surface area contributed by atoms with Crippen LogP contribution in [-0.2, 0) is 0 Å². The predicted octanol–water partition coefficient (Wildman–Crippen LogP) is 8.16. The molecule has 3 heterocycles. The smallest absolute Gasteiger partial charge is 0.118 e. The summed E-state index contributed by atoms with van der Waals surface area (Å²) in [6, 6.07) is 22.1. The summed E-state index contributed by atoms with van der Waals surface area (Å²) in [7, 11) is 1.71. The molecule has 130 valence electrons. The number of thiophene rings is 3. The van der Waals surface area contributed by atoms with E-state index in [0.29, 0.717) is 0 Å². The molecule has 0 N–H and O–H groups in total. The van der Waals surface area contributed by atoms with Crippen LogP contribution in [0.1, 0.15) is 0 Å². The highest BCUT2D eigenvalue weighted by molar-refractivity contribution is 7.27. The first-order valence-corrected chi connectivity index (χ1v) is 11.2. The van der Waals surface area contributed by atoms with Gasteiger partial charge in [-0.2, -0.15) is 0 Å². The van der Waals surface area contributed by atoms with Crippen LogP contribution in [0.3, 0.4) is 0 Å². The first kappa shape index (κ1) is 15.6. The van der Waals surface area contributed by atoms with Crippen molar-refractivity contribution in [3.63, 3.8) is 0 Å². The maximum atomic E-state index is 5.30. The molecule has 0 amide bonds. The van der Waals surface area contributed by atoms with Gasteiger partial charge < -0.3 is 4.74 Å². The topological polar surface area (TPSA) is 9.23 Å². The molecule has 0 fully saturated rings. The molecule has 0 aliphatic heterocycles. The fourth-order valence-electron chi connectivity index (χ4n) is 3.82. The molecule has 0 radical (unpaired) electrons. The number of methoxy groups -OCH3 is 1. The van der Waals surface area contributed by atoms with Gasteiger partial charge in [-0.05, 0) is 71.6 Å². The van der Waals surface area contributed by atoms with Crippen molar-refractivity contribution in [3.8, 4) is 16.2 Å². The molecule has 0 saturated carbocycles. The molecule has 1 nitrogen and oxygen atoms in total. The molecule has 3 aromatic carbocycles. The Morgan fingerprint density at radius 2 is 1.37 bits per heavy atom. The molecule has 0 bridgehead atoms. The molecular weight excluding hydrogens is 388 g/mol. The molecule has 0 atom stereocenters. The molecule has 0 aliphatic carbocycles. The Balaban J connectivity index is 1.69. The lowest BCUT2D eigenvalue weighted by molar-refractivity contribution is 0.415. The Morgan fingerprint density at radius 3 is 2.15 bits per heavy atom. The van der Waals surface area contributed by atoms with Crippen molar-refractivity contribution < 1.29 is 4.74 Å². The Hall–Kier alpha value is -2.40. The Kier molecular flexibility index (Phi) is 3.36. The summed E-state index contributed by atoms with van der Waals surface area (Å²) in [5.74, 6) is 0.894. The highest BCUT2D eigenvalue weighted by Gasteiger charge is 2.14. The summed E-state index contributed by atoms with van der Waals surface area (Å²) in [4.78, 5) is 1.30. The van der Waals surface area contributed by atoms with Crippen LogP contribution in [0.4, 0.5) is 0 Å². The van der Waals surface area contributed by atoms with E-state index >= 15 is 0 Å². The van der Waals surface area contributed by atoms with Gasteiger partial charge in [-0.25, -0.2) is 0 Å². The van der Waals surface area contributed by atoms with Gasteiger partial charge in [0.1, 0.15) is 5.75 Å². The second-order valence-corrected chi connectivity index (χ2v) is 9.68. The minimum absolute atomic E-state index is 0.894. The molecule has 0 saturated heterocycles. The van der Waals surface area contributed by atoms with E-state index in [1.54, 1.807) is 7.11 Å². The van der Waals surface area contributed by atoms with Crippen LogP contribution < -0.4 is 4.74 Å². The maximum absolute atomic E-state index is 5.30. The van der Waals surface area contributed by atoms with Crippen molar-refractivity contribution in [1.29, 1.82) is 0 Å². The molecular formula is C23H14OS3. The van der Waals surface area contributed by atoms with Gasteiger partial charge in [-0.1, -0.05) is 0 Å². The SMILES string of the molecule is COc1ccc(-c2cc3c(ccc4sc5ccc6sccc6c5c43)s2)cc1. The number of benzene rings is 3. The van der Waals surface area contributed by atoms with Crippen molar-refractivity contribution in [1.82, 2.24) is 0 Å². The average Bonchev–Trinajstić information content (AvgIpc) is 3.42. The zero-order valence-electron chi connectivity index (χ0n) is 14.5. The molecule has 3 aromatic heterocycles. The van der Waals surface area contributed by atoms with Crippen LogP contribution in [-0.4, -0.2) is 7.11 Å². The minimum atomic E-state index is 0.894. The van der Waals surface area contributed by atoms with Crippen LogP contribution in [0, 0.1) is 0 Å². The molecule has 4 heteroatoms. The number of fused-ring (bicyclic) bond motifs is 7. The van der Waals surface area contributed by atoms with Gasteiger partial charge in [0.2, 0.25) is 0 Å². The number of rotatable bonds is 2. The summed E-state index contributed by atoms with van der Waals surface area (Å²) < 4.78 is 10.8. The third-order valence-corrected chi connectivity index (χ3v) is 8.26. The first-order valence-electron chi connectivity index (χ1n) is 8.71. The third kappa shape index (κ3) is 2.27. The lowest BCUT2D eigenvalue weighted by atomic mass is 10.1. The average molecular weight is 403 g/mol. The van der Waals surface area contributed by atoms with Crippen molar-refractivity contribution >= 4 is 74.4 Å². The Bertz CT molecular complexity index is 1450. The van der Waals surface area contributed by atoms with E-state index in [1.807, 2.05) is 46.1 Å². The predicted molar refractivity (Wildman–Crippen MR) is 122 cm³/mol. The van der Waals surface area contributed by atoms with Crippen molar-refractivity contribution in [2.24, 2.45) is 0 Å². The standard InChI is InChI=1S/C23H14OS3/c1-24-14-4-2-13(3-5-14)21-12-16-18(26-21)7-9-20-23(16)22-15-10-11-25-17(15)6-8-19(22)27-20/h2-12H,1H3. The van der Waals surface area contributed by atoms with Gasteiger partial charge in [0, 0.05) is 45.2 Å². The van der Waals surface area contributed by atoms with Crippen LogP contribution >= 0.6 is 34.0 Å². The van der Waals surface area contributed by atoms with Gasteiger partial charge in [0.15, 0.2) is 0 Å². The van der Waals surface area contributed by atoms with Crippen molar-refractivity contribution in [2.75, 3.05) is 7.11 Å². The van der Waals surface area contributed by atoms with E-state index < -0.39 is 0 Å². The van der Waals surface area contributed by atoms with Crippen LogP contribution in [0.25, 0.3) is 50.8 Å². The number of hydrogen-bond acceptors (Lipinski definition) is 4. The Morgan fingerprint density at radius 1 is 0.667 bits per heavy atom. The largest absolute Gasteiger partial charge is 0.497 e. The second kappa shape index (κ2) is 5.80. The molecule has 6 rings (SSSR count). The lowest BCUT2D eigenvalue weighted by Gasteiger charge is -2.00. The van der Waals surface area contributed by atoms with Gasteiger partial charge >= 0.3 is 0 Å². The number of hydrogen-bond donors (Lipinski definition) is 0. The van der Waals surface area contributed by atoms with Gasteiger partial charge in [-0.3, -0.25) is 0 Å². The van der Waals surface area contributed by atoms with Gasteiger partial charge in [0.25, 0.3) is 0 Å². The zero-order chi connectivity index (χ0) is 18.0. The van der Waals surface area contributed by atoms with Crippen LogP contribution in [0.2, 0.25) is 0 Å². The molecule has 0 aliphatic rings. The highest BCUT2D eigenvalue weighted by atomic mass is 32.1.